The van der Waals surface area contributed by atoms with Gasteiger partial charge in [-0.15, -0.1) is 0 Å². The molecule has 0 amide bonds. The third-order valence-corrected chi connectivity index (χ3v) is 3.51. The van der Waals surface area contributed by atoms with Crippen molar-refractivity contribution in [1.29, 1.82) is 0 Å². The zero-order chi connectivity index (χ0) is 17.1. The number of halogens is 1. The number of nitro groups is 1. The summed E-state index contributed by atoms with van der Waals surface area (Å²) < 4.78 is 10.7. The Balaban J connectivity index is 1.74. The molecule has 0 aliphatic rings. The smallest absolute Gasteiger partial charge is 0.270 e. The molecule has 0 saturated heterocycles. The van der Waals surface area contributed by atoms with E-state index in [0.29, 0.717) is 16.3 Å². The molecule has 122 valence electrons. The first-order valence-electron chi connectivity index (χ1n) is 6.99. The molecule has 2 aromatic carbocycles. The molecular weight excluding hydrogens is 334 g/mol. The maximum absolute atomic E-state index is 10.8. The molecule has 24 heavy (non-hydrogen) atoms. The highest BCUT2D eigenvalue weighted by atomic mass is 35.5. The van der Waals surface area contributed by atoms with Gasteiger partial charge in [0, 0.05) is 22.7 Å². The summed E-state index contributed by atoms with van der Waals surface area (Å²) in [6.45, 7) is 1.97. The molecule has 3 rings (SSSR count). The van der Waals surface area contributed by atoms with Gasteiger partial charge in [0.15, 0.2) is 6.61 Å². The molecule has 0 unspecified atom stereocenters. The Labute approximate surface area is 142 Å². The Bertz CT molecular complexity index is 895. The van der Waals surface area contributed by atoms with E-state index in [2.05, 4.69) is 10.1 Å². The summed E-state index contributed by atoms with van der Waals surface area (Å²) in [5, 5.41) is 15.3. The normalized spacial score (nSPS) is 10.6. The van der Waals surface area contributed by atoms with Crippen LogP contribution < -0.4 is 4.74 Å². The van der Waals surface area contributed by atoms with E-state index in [1.54, 1.807) is 30.3 Å². The molecule has 0 radical (unpaired) electrons. The van der Waals surface area contributed by atoms with E-state index in [0.717, 1.165) is 5.56 Å². The number of hydrogen-bond donors (Lipinski definition) is 0. The zero-order valence-corrected chi connectivity index (χ0v) is 13.4. The first-order valence-corrected chi connectivity index (χ1v) is 7.37. The van der Waals surface area contributed by atoms with Gasteiger partial charge in [-0.05, 0) is 30.7 Å². The lowest BCUT2D eigenvalue weighted by molar-refractivity contribution is -0.384. The number of aryl methyl sites for hydroxylation is 1. The summed E-state index contributed by atoms with van der Waals surface area (Å²) in [6.07, 6.45) is 0. The highest BCUT2D eigenvalue weighted by Crippen LogP contribution is 2.24. The maximum atomic E-state index is 10.8. The van der Waals surface area contributed by atoms with Crippen LogP contribution in [0.25, 0.3) is 11.4 Å². The van der Waals surface area contributed by atoms with Crippen LogP contribution in [0.3, 0.4) is 0 Å². The Hall–Kier alpha value is -2.93. The van der Waals surface area contributed by atoms with E-state index in [1.165, 1.54) is 12.1 Å². The Morgan fingerprint density at radius 1 is 1.29 bits per heavy atom. The number of benzene rings is 2. The molecule has 0 aliphatic carbocycles. The van der Waals surface area contributed by atoms with Crippen molar-refractivity contribution in [2.45, 2.75) is 13.5 Å². The van der Waals surface area contributed by atoms with Gasteiger partial charge in [-0.1, -0.05) is 28.9 Å². The second-order valence-electron chi connectivity index (χ2n) is 5.02. The lowest BCUT2D eigenvalue weighted by atomic mass is 10.2. The van der Waals surface area contributed by atoms with E-state index in [4.69, 9.17) is 20.9 Å². The Kier molecular flexibility index (Phi) is 4.43. The molecule has 7 nitrogen and oxygen atoms in total. The quantitative estimate of drug-likeness (QED) is 0.508. The minimum atomic E-state index is -0.475. The van der Waals surface area contributed by atoms with Crippen LogP contribution in [0.4, 0.5) is 5.69 Å². The number of ether oxygens (including phenoxy) is 1. The van der Waals surface area contributed by atoms with E-state index in [9.17, 15) is 10.1 Å². The molecule has 0 aliphatic heterocycles. The molecule has 3 aromatic rings. The fraction of sp³-hybridized carbons (Fsp3) is 0.125. The lowest BCUT2D eigenvalue weighted by Crippen LogP contribution is -1.97. The number of nitro benzene ring substituents is 1. The van der Waals surface area contributed by atoms with Crippen LogP contribution in [0.1, 0.15) is 11.5 Å². The number of aromatic nitrogens is 2. The monoisotopic (exact) mass is 345 g/mol. The topological polar surface area (TPSA) is 91.3 Å². The molecule has 0 atom stereocenters. The van der Waals surface area contributed by atoms with E-state index >= 15 is 0 Å². The van der Waals surface area contributed by atoms with E-state index in [-0.39, 0.29) is 24.0 Å². The fourth-order valence-electron chi connectivity index (χ4n) is 2.10. The zero-order valence-electron chi connectivity index (χ0n) is 12.6. The number of nitrogens with zero attached hydrogens (tertiary/aromatic N) is 3. The molecule has 0 saturated carbocycles. The minimum absolute atomic E-state index is 0.0353. The van der Waals surface area contributed by atoms with Gasteiger partial charge in [0.1, 0.15) is 5.75 Å². The Morgan fingerprint density at radius 2 is 2.12 bits per heavy atom. The molecular formula is C16H12ClN3O4. The van der Waals surface area contributed by atoms with E-state index in [1.807, 2.05) is 6.92 Å². The predicted molar refractivity (Wildman–Crippen MR) is 86.9 cm³/mol. The molecule has 0 N–H and O–H groups in total. The minimum Gasteiger partial charge on any atom is -0.483 e. The average Bonchev–Trinajstić information content (AvgIpc) is 3.03. The van der Waals surface area contributed by atoms with Gasteiger partial charge in [0.05, 0.1) is 4.92 Å². The summed E-state index contributed by atoms with van der Waals surface area (Å²) in [5.41, 5.74) is 1.36. The van der Waals surface area contributed by atoms with Crippen molar-refractivity contribution >= 4 is 17.3 Å². The summed E-state index contributed by atoms with van der Waals surface area (Å²) >= 11 is 5.90. The first-order chi connectivity index (χ1) is 11.5. The van der Waals surface area contributed by atoms with Crippen molar-refractivity contribution in [2.75, 3.05) is 0 Å². The van der Waals surface area contributed by atoms with Crippen LogP contribution in [0.2, 0.25) is 5.02 Å². The highest BCUT2D eigenvalue weighted by molar-refractivity contribution is 6.30. The van der Waals surface area contributed by atoms with Gasteiger partial charge >= 0.3 is 0 Å². The van der Waals surface area contributed by atoms with Crippen LogP contribution >= 0.6 is 11.6 Å². The van der Waals surface area contributed by atoms with Crippen LogP contribution in [-0.4, -0.2) is 15.1 Å². The van der Waals surface area contributed by atoms with E-state index < -0.39 is 4.92 Å². The second-order valence-corrected chi connectivity index (χ2v) is 5.45. The largest absolute Gasteiger partial charge is 0.483 e. The summed E-state index contributed by atoms with van der Waals surface area (Å²) in [7, 11) is 0. The lowest BCUT2D eigenvalue weighted by Gasteiger charge is -2.06. The van der Waals surface area contributed by atoms with Crippen molar-refractivity contribution in [3.63, 3.8) is 0 Å². The summed E-state index contributed by atoms with van der Waals surface area (Å²) in [4.78, 5) is 14.5. The van der Waals surface area contributed by atoms with Crippen LogP contribution in [0.5, 0.6) is 5.75 Å². The molecule has 0 spiro atoms. The number of hydrogen-bond acceptors (Lipinski definition) is 6. The van der Waals surface area contributed by atoms with Crippen molar-refractivity contribution < 1.29 is 14.2 Å². The van der Waals surface area contributed by atoms with Crippen LogP contribution in [-0.2, 0) is 6.61 Å². The Morgan fingerprint density at radius 3 is 2.88 bits per heavy atom. The van der Waals surface area contributed by atoms with Crippen molar-refractivity contribution in [3.8, 4) is 17.1 Å². The summed E-state index contributed by atoms with van der Waals surface area (Å²) in [6, 6.07) is 11.3. The molecule has 0 bridgehead atoms. The van der Waals surface area contributed by atoms with Gasteiger partial charge in [0.25, 0.3) is 11.6 Å². The van der Waals surface area contributed by atoms with Gasteiger partial charge in [-0.25, -0.2) is 0 Å². The molecule has 8 heteroatoms. The van der Waals surface area contributed by atoms with Gasteiger partial charge < -0.3 is 9.26 Å². The van der Waals surface area contributed by atoms with Gasteiger partial charge in [-0.3, -0.25) is 10.1 Å². The average molecular weight is 346 g/mol. The summed E-state index contributed by atoms with van der Waals surface area (Å²) in [5.74, 6) is 1.20. The molecule has 0 fully saturated rings. The van der Waals surface area contributed by atoms with Gasteiger partial charge in [-0.2, -0.15) is 4.98 Å². The molecule has 1 heterocycles. The number of rotatable bonds is 5. The van der Waals surface area contributed by atoms with Crippen molar-refractivity contribution in [1.82, 2.24) is 10.1 Å². The predicted octanol–water partition coefficient (Wildman–Crippen LogP) is 4.19. The second kappa shape index (κ2) is 6.67. The number of non-ortho nitro benzene ring substituents is 1. The van der Waals surface area contributed by atoms with Crippen molar-refractivity contribution in [2.24, 2.45) is 0 Å². The van der Waals surface area contributed by atoms with Gasteiger partial charge in [0.2, 0.25) is 5.82 Å². The molecule has 1 aromatic heterocycles. The SMILES string of the molecule is Cc1cc(Cl)ccc1OCc1nc(-c2cccc([N+](=O)[O-])c2)no1. The highest BCUT2D eigenvalue weighted by Gasteiger charge is 2.13. The maximum Gasteiger partial charge on any atom is 0.270 e. The first kappa shape index (κ1) is 15.9. The van der Waals surface area contributed by atoms with Crippen molar-refractivity contribution in [3.05, 3.63) is 69.1 Å². The third kappa shape index (κ3) is 3.52. The van der Waals surface area contributed by atoms with Crippen LogP contribution in [0.15, 0.2) is 47.0 Å². The fourth-order valence-corrected chi connectivity index (χ4v) is 2.33. The van der Waals surface area contributed by atoms with Crippen LogP contribution in [0, 0.1) is 17.0 Å². The third-order valence-electron chi connectivity index (χ3n) is 3.27. The standard InChI is InChI=1S/C16H12ClN3O4/c1-10-7-12(17)5-6-14(10)23-9-15-18-16(19-24-15)11-3-2-4-13(8-11)20(21)22/h2-8H,9H2,1H3.